The maximum absolute atomic E-state index is 5.62. The molecule has 1 fully saturated rings. The summed E-state index contributed by atoms with van der Waals surface area (Å²) in [6.07, 6.45) is 1.64. The third-order valence-electron chi connectivity index (χ3n) is 3.08. The Balaban J connectivity index is 1.81. The Morgan fingerprint density at radius 3 is 3.00 bits per heavy atom. The topological polar surface area (TPSA) is 55.0 Å². The number of nitrogens with zero attached hydrogens (tertiary/aromatic N) is 3. The quantitative estimate of drug-likeness (QED) is 0.893. The van der Waals surface area contributed by atoms with E-state index in [-0.39, 0.29) is 0 Å². The summed E-state index contributed by atoms with van der Waals surface area (Å²) in [5.41, 5.74) is 7.78. The number of rotatable bonds is 3. The predicted octanol–water partition coefficient (Wildman–Crippen LogP) is 1.60. The van der Waals surface area contributed by atoms with Crippen LogP contribution >= 0.6 is 11.3 Å². The molecule has 0 amide bonds. The molecule has 0 atom stereocenters. The van der Waals surface area contributed by atoms with E-state index in [2.05, 4.69) is 37.8 Å². The summed E-state index contributed by atoms with van der Waals surface area (Å²) >= 11 is 1.68. The maximum atomic E-state index is 5.62. The average Bonchev–Trinajstić information content (AvgIpc) is 2.81. The van der Waals surface area contributed by atoms with E-state index < -0.39 is 0 Å². The molecule has 0 unspecified atom stereocenters. The van der Waals surface area contributed by atoms with Crippen molar-refractivity contribution in [1.82, 2.24) is 9.97 Å². The van der Waals surface area contributed by atoms with E-state index in [0.29, 0.717) is 5.92 Å². The number of hydrogen-bond donors (Lipinski definition) is 1. The van der Waals surface area contributed by atoms with Crippen molar-refractivity contribution in [3.05, 3.63) is 29.2 Å². The second kappa shape index (κ2) is 4.43. The van der Waals surface area contributed by atoms with E-state index in [1.807, 2.05) is 0 Å². The second-order valence-electron chi connectivity index (χ2n) is 4.28. The fraction of sp³-hybridized carbons (Fsp3) is 0.333. The molecule has 88 valence electrons. The van der Waals surface area contributed by atoms with Crippen LogP contribution in [0.1, 0.15) is 0 Å². The smallest absolute Gasteiger partial charge is 0.132 e. The zero-order chi connectivity index (χ0) is 11.7. The number of anilines is 1. The van der Waals surface area contributed by atoms with Gasteiger partial charge in [0.1, 0.15) is 12.1 Å². The van der Waals surface area contributed by atoms with Crippen molar-refractivity contribution >= 4 is 17.2 Å². The van der Waals surface area contributed by atoms with Gasteiger partial charge >= 0.3 is 0 Å². The van der Waals surface area contributed by atoms with Crippen molar-refractivity contribution in [2.24, 2.45) is 11.7 Å². The third kappa shape index (κ3) is 2.03. The highest BCUT2D eigenvalue weighted by molar-refractivity contribution is 7.08. The van der Waals surface area contributed by atoms with Gasteiger partial charge in [-0.2, -0.15) is 11.3 Å². The Bertz CT molecular complexity index is 491. The van der Waals surface area contributed by atoms with Gasteiger partial charge in [-0.15, -0.1) is 0 Å². The summed E-state index contributed by atoms with van der Waals surface area (Å²) in [6, 6.07) is 4.13. The van der Waals surface area contributed by atoms with Gasteiger partial charge in [-0.05, 0) is 18.0 Å². The minimum absolute atomic E-state index is 0.620. The molecule has 2 aromatic heterocycles. The molecule has 17 heavy (non-hydrogen) atoms. The van der Waals surface area contributed by atoms with Crippen molar-refractivity contribution in [3.8, 4) is 11.3 Å². The Morgan fingerprint density at radius 1 is 1.41 bits per heavy atom. The van der Waals surface area contributed by atoms with Crippen molar-refractivity contribution in [2.75, 3.05) is 24.5 Å². The highest BCUT2D eigenvalue weighted by Gasteiger charge is 2.26. The van der Waals surface area contributed by atoms with Crippen LogP contribution in [0.2, 0.25) is 0 Å². The van der Waals surface area contributed by atoms with Crippen molar-refractivity contribution in [3.63, 3.8) is 0 Å². The first-order valence-electron chi connectivity index (χ1n) is 5.66. The van der Waals surface area contributed by atoms with E-state index in [1.165, 1.54) is 0 Å². The molecule has 3 heterocycles. The van der Waals surface area contributed by atoms with Gasteiger partial charge in [0.25, 0.3) is 0 Å². The lowest BCUT2D eigenvalue weighted by atomic mass is 10.0. The minimum atomic E-state index is 0.620. The molecular weight excluding hydrogens is 232 g/mol. The van der Waals surface area contributed by atoms with Gasteiger partial charge in [-0.1, -0.05) is 0 Å². The molecule has 0 aromatic carbocycles. The molecule has 5 heteroatoms. The predicted molar refractivity (Wildman–Crippen MR) is 70.1 cm³/mol. The molecule has 0 spiro atoms. The monoisotopic (exact) mass is 246 g/mol. The van der Waals surface area contributed by atoms with Crippen LogP contribution in [0.15, 0.2) is 29.2 Å². The molecule has 2 N–H and O–H groups in total. The summed E-state index contributed by atoms with van der Waals surface area (Å²) in [5.74, 6) is 1.63. The van der Waals surface area contributed by atoms with Crippen LogP contribution in [0.3, 0.4) is 0 Å². The first-order valence-corrected chi connectivity index (χ1v) is 6.60. The first kappa shape index (κ1) is 10.7. The lowest BCUT2D eigenvalue weighted by molar-refractivity contribution is 0.417. The van der Waals surface area contributed by atoms with Crippen molar-refractivity contribution in [1.29, 1.82) is 0 Å². The summed E-state index contributed by atoms with van der Waals surface area (Å²) in [6.45, 7) is 2.78. The van der Waals surface area contributed by atoms with Gasteiger partial charge in [0.15, 0.2) is 0 Å². The average molecular weight is 246 g/mol. The first-order chi connectivity index (χ1) is 8.36. The van der Waals surface area contributed by atoms with Crippen LogP contribution in [0.4, 0.5) is 5.82 Å². The second-order valence-corrected chi connectivity index (χ2v) is 5.06. The molecule has 0 radical (unpaired) electrons. The van der Waals surface area contributed by atoms with Crippen LogP contribution in [-0.2, 0) is 0 Å². The molecule has 3 rings (SSSR count). The van der Waals surface area contributed by atoms with Crippen LogP contribution in [0, 0.1) is 5.92 Å². The van der Waals surface area contributed by atoms with Gasteiger partial charge in [-0.25, -0.2) is 9.97 Å². The minimum Gasteiger partial charge on any atom is -0.356 e. The number of nitrogens with two attached hydrogens (primary N) is 1. The van der Waals surface area contributed by atoms with Crippen molar-refractivity contribution in [2.45, 2.75) is 0 Å². The van der Waals surface area contributed by atoms with Gasteiger partial charge in [-0.3, -0.25) is 0 Å². The van der Waals surface area contributed by atoms with E-state index in [4.69, 9.17) is 5.73 Å². The Labute approximate surface area is 104 Å². The molecule has 0 saturated carbocycles. The fourth-order valence-electron chi connectivity index (χ4n) is 1.99. The molecule has 2 aromatic rings. The highest BCUT2D eigenvalue weighted by atomic mass is 32.1. The Morgan fingerprint density at radius 2 is 2.29 bits per heavy atom. The third-order valence-corrected chi connectivity index (χ3v) is 3.77. The molecule has 1 aliphatic heterocycles. The largest absolute Gasteiger partial charge is 0.356 e. The zero-order valence-electron chi connectivity index (χ0n) is 9.41. The SMILES string of the molecule is NCC1CN(c2cc(-c3ccsc3)ncn2)C1. The van der Waals surface area contributed by atoms with Crippen LogP contribution in [0.25, 0.3) is 11.3 Å². The molecule has 1 saturated heterocycles. The molecule has 1 aliphatic rings. The van der Waals surface area contributed by atoms with E-state index in [9.17, 15) is 0 Å². The molecule has 4 nitrogen and oxygen atoms in total. The molecular formula is C12H14N4S. The van der Waals surface area contributed by atoms with Crippen LogP contribution in [0.5, 0.6) is 0 Å². The summed E-state index contributed by atoms with van der Waals surface area (Å²) in [4.78, 5) is 10.9. The summed E-state index contributed by atoms with van der Waals surface area (Å²) in [5, 5.41) is 4.16. The summed E-state index contributed by atoms with van der Waals surface area (Å²) in [7, 11) is 0. The van der Waals surface area contributed by atoms with Crippen molar-refractivity contribution < 1.29 is 0 Å². The zero-order valence-corrected chi connectivity index (χ0v) is 10.2. The summed E-state index contributed by atoms with van der Waals surface area (Å²) < 4.78 is 0. The number of thiophene rings is 1. The number of hydrogen-bond acceptors (Lipinski definition) is 5. The van der Waals surface area contributed by atoms with Gasteiger partial charge < -0.3 is 10.6 Å². The highest BCUT2D eigenvalue weighted by Crippen LogP contribution is 2.26. The van der Waals surface area contributed by atoms with Crippen LogP contribution in [-0.4, -0.2) is 29.6 Å². The fourth-order valence-corrected chi connectivity index (χ4v) is 2.64. The Hall–Kier alpha value is -1.46. The molecule has 0 aliphatic carbocycles. The Kier molecular flexibility index (Phi) is 2.78. The van der Waals surface area contributed by atoms with E-state index in [0.717, 1.165) is 36.7 Å². The van der Waals surface area contributed by atoms with Gasteiger partial charge in [0.05, 0.1) is 5.69 Å². The lowest BCUT2D eigenvalue weighted by Crippen LogP contribution is -2.50. The lowest BCUT2D eigenvalue weighted by Gasteiger charge is -2.39. The van der Waals surface area contributed by atoms with E-state index >= 15 is 0 Å². The number of aromatic nitrogens is 2. The standard InChI is InChI=1S/C12H14N4S/c13-4-9-5-16(6-9)12-3-11(14-8-15-12)10-1-2-17-7-10/h1-3,7-9H,4-6,13H2. The van der Waals surface area contributed by atoms with E-state index in [1.54, 1.807) is 17.7 Å². The van der Waals surface area contributed by atoms with Crippen LogP contribution < -0.4 is 10.6 Å². The normalized spacial score (nSPS) is 15.9. The molecule has 0 bridgehead atoms. The maximum Gasteiger partial charge on any atom is 0.132 e. The van der Waals surface area contributed by atoms with Gasteiger partial charge in [0, 0.05) is 36.0 Å². The van der Waals surface area contributed by atoms with Gasteiger partial charge in [0.2, 0.25) is 0 Å².